The number of nitrogens with zero attached hydrogens (tertiary/aromatic N) is 1. The highest BCUT2D eigenvalue weighted by molar-refractivity contribution is 6.15. The maximum absolute atomic E-state index is 13.1. The number of methoxy groups -OCH3 is 2. The summed E-state index contributed by atoms with van der Waals surface area (Å²) >= 11 is 0. The van der Waals surface area contributed by atoms with Gasteiger partial charge in [-0.25, -0.2) is 0 Å². The van der Waals surface area contributed by atoms with Crippen molar-refractivity contribution in [1.82, 2.24) is 4.90 Å². The molecule has 1 aliphatic rings. The smallest absolute Gasteiger partial charge is 0.186 e. The largest absolute Gasteiger partial charge is 0.493 e. The molecule has 5 nitrogen and oxygen atoms in total. The molecule has 0 saturated carbocycles. The predicted octanol–water partition coefficient (Wildman–Crippen LogP) is 5.62. The number of para-hydroxylation sites is 1. The number of piperidine rings is 1. The number of ether oxygens (including phenoxy) is 3. The molecule has 3 aromatic carbocycles. The summed E-state index contributed by atoms with van der Waals surface area (Å²) < 4.78 is 17.0. The Kier molecular flexibility index (Phi) is 7.63. The van der Waals surface area contributed by atoms with Crippen molar-refractivity contribution < 1.29 is 19.0 Å². The van der Waals surface area contributed by atoms with Gasteiger partial charge in [-0.3, -0.25) is 9.69 Å². The number of carbonyl (C=O) groups excluding carboxylic acids is 1. The third kappa shape index (κ3) is 5.37. The molecule has 1 heterocycles. The first-order valence-electron chi connectivity index (χ1n) is 11.5. The number of rotatable bonds is 9. The minimum atomic E-state index is -0.0732. The molecule has 0 aromatic heterocycles. The van der Waals surface area contributed by atoms with E-state index in [1.165, 1.54) is 19.3 Å². The third-order valence-corrected chi connectivity index (χ3v) is 6.11. The van der Waals surface area contributed by atoms with Gasteiger partial charge in [0.1, 0.15) is 12.4 Å². The first kappa shape index (κ1) is 22.9. The van der Waals surface area contributed by atoms with E-state index in [1.807, 2.05) is 54.6 Å². The Balaban J connectivity index is 1.53. The van der Waals surface area contributed by atoms with Crippen LogP contribution in [0.1, 0.15) is 35.2 Å². The highest BCUT2D eigenvalue weighted by Crippen LogP contribution is 2.32. The van der Waals surface area contributed by atoms with E-state index in [1.54, 1.807) is 26.4 Å². The van der Waals surface area contributed by atoms with Gasteiger partial charge in [-0.2, -0.15) is 0 Å². The average Bonchev–Trinajstić information content (AvgIpc) is 2.87. The van der Waals surface area contributed by atoms with Crippen LogP contribution in [0.5, 0.6) is 17.2 Å². The molecule has 0 unspecified atom stereocenters. The van der Waals surface area contributed by atoms with Crippen molar-refractivity contribution in [3.63, 3.8) is 0 Å². The summed E-state index contributed by atoms with van der Waals surface area (Å²) in [7, 11) is 3.19. The summed E-state index contributed by atoms with van der Waals surface area (Å²) in [4.78, 5) is 15.6. The van der Waals surface area contributed by atoms with Gasteiger partial charge in [0.05, 0.1) is 14.2 Å². The average molecular weight is 446 g/mol. The second kappa shape index (κ2) is 11.0. The van der Waals surface area contributed by atoms with Gasteiger partial charge in [0.2, 0.25) is 0 Å². The van der Waals surface area contributed by atoms with E-state index >= 15 is 0 Å². The number of fused-ring (bicyclic) bond motifs is 1. The Bertz CT molecular complexity index is 1130. The van der Waals surface area contributed by atoms with Gasteiger partial charge in [0, 0.05) is 23.1 Å². The summed E-state index contributed by atoms with van der Waals surface area (Å²) in [5.74, 6) is 1.98. The Morgan fingerprint density at radius 2 is 1.67 bits per heavy atom. The molecule has 0 bridgehead atoms. The lowest BCUT2D eigenvalue weighted by atomic mass is 10.00. The molecule has 0 atom stereocenters. The standard InChI is InChI=1S/C28H31NO4/c1-31-27-12-8-9-21(28(27)32-2)13-15-25(30)23-14-16-26(24-11-5-4-10-22(23)24)33-20-19-29-17-6-3-7-18-29/h4-5,8-16H,3,6-7,17-20H2,1-2H3/b15-13+. The Morgan fingerprint density at radius 3 is 2.42 bits per heavy atom. The molecule has 0 amide bonds. The van der Waals surface area contributed by atoms with Gasteiger partial charge in [-0.05, 0) is 61.7 Å². The number of benzene rings is 3. The summed E-state index contributed by atoms with van der Waals surface area (Å²) in [6, 6.07) is 17.3. The van der Waals surface area contributed by atoms with Gasteiger partial charge in [-0.1, -0.05) is 42.8 Å². The van der Waals surface area contributed by atoms with Crippen LogP contribution < -0.4 is 14.2 Å². The molecule has 0 spiro atoms. The zero-order chi connectivity index (χ0) is 23.0. The SMILES string of the molecule is COc1cccc(/C=C/C(=O)c2ccc(OCCN3CCCCC3)c3ccccc23)c1OC. The Hall–Kier alpha value is -3.31. The molecule has 172 valence electrons. The predicted molar refractivity (Wildman–Crippen MR) is 133 cm³/mol. The molecule has 4 rings (SSSR count). The second-order valence-electron chi connectivity index (χ2n) is 8.19. The minimum absolute atomic E-state index is 0.0732. The summed E-state index contributed by atoms with van der Waals surface area (Å²) in [5.41, 5.74) is 1.43. The number of hydrogen-bond acceptors (Lipinski definition) is 5. The Morgan fingerprint density at radius 1 is 0.879 bits per heavy atom. The van der Waals surface area contributed by atoms with Gasteiger partial charge in [0.15, 0.2) is 17.3 Å². The number of ketones is 1. The molecule has 3 aromatic rings. The Labute approximate surface area is 195 Å². The molecular weight excluding hydrogens is 414 g/mol. The van der Waals surface area contributed by atoms with Crippen molar-refractivity contribution in [2.45, 2.75) is 19.3 Å². The zero-order valence-corrected chi connectivity index (χ0v) is 19.4. The fraction of sp³-hybridized carbons (Fsp3) is 0.321. The molecule has 5 heteroatoms. The van der Waals surface area contributed by atoms with Crippen molar-refractivity contribution >= 4 is 22.6 Å². The quantitative estimate of drug-likeness (QED) is 0.316. The fourth-order valence-electron chi connectivity index (χ4n) is 4.38. The molecular formula is C28H31NO4. The molecule has 0 aliphatic carbocycles. The van der Waals surface area contributed by atoms with E-state index in [-0.39, 0.29) is 5.78 Å². The summed E-state index contributed by atoms with van der Waals surface area (Å²) in [5, 5.41) is 1.84. The van der Waals surface area contributed by atoms with Crippen molar-refractivity contribution in [3.05, 3.63) is 71.8 Å². The highest BCUT2D eigenvalue weighted by Gasteiger charge is 2.14. The number of allylic oxidation sites excluding steroid dienone is 1. The number of hydrogen-bond donors (Lipinski definition) is 0. The number of likely N-dealkylation sites (tertiary alicyclic amines) is 1. The van der Waals surface area contributed by atoms with Crippen LogP contribution >= 0.6 is 0 Å². The van der Waals surface area contributed by atoms with Crippen LogP contribution in [0.15, 0.2) is 60.7 Å². The summed E-state index contributed by atoms with van der Waals surface area (Å²) in [6.07, 6.45) is 7.22. The highest BCUT2D eigenvalue weighted by atomic mass is 16.5. The van der Waals surface area contributed by atoms with Gasteiger partial charge in [-0.15, -0.1) is 0 Å². The maximum Gasteiger partial charge on any atom is 0.186 e. The van der Waals surface area contributed by atoms with Crippen LogP contribution in [0.25, 0.3) is 16.8 Å². The van der Waals surface area contributed by atoms with Crippen LogP contribution in [0, 0.1) is 0 Å². The van der Waals surface area contributed by atoms with Crippen molar-refractivity contribution in [2.24, 2.45) is 0 Å². The van der Waals surface area contributed by atoms with Crippen LogP contribution in [0.4, 0.5) is 0 Å². The molecule has 1 saturated heterocycles. The van der Waals surface area contributed by atoms with E-state index in [2.05, 4.69) is 4.90 Å². The van der Waals surface area contributed by atoms with E-state index in [0.717, 1.165) is 41.7 Å². The fourth-order valence-corrected chi connectivity index (χ4v) is 4.38. The van der Waals surface area contributed by atoms with Crippen LogP contribution in [0.3, 0.4) is 0 Å². The lowest BCUT2D eigenvalue weighted by molar-refractivity contribution is 0.104. The van der Waals surface area contributed by atoms with Gasteiger partial charge >= 0.3 is 0 Å². The second-order valence-corrected chi connectivity index (χ2v) is 8.19. The van der Waals surface area contributed by atoms with E-state index in [9.17, 15) is 4.79 Å². The minimum Gasteiger partial charge on any atom is -0.493 e. The lowest BCUT2D eigenvalue weighted by Crippen LogP contribution is -2.33. The zero-order valence-electron chi connectivity index (χ0n) is 19.4. The normalized spacial score (nSPS) is 14.5. The van der Waals surface area contributed by atoms with Gasteiger partial charge < -0.3 is 14.2 Å². The first-order chi connectivity index (χ1) is 16.2. The first-order valence-corrected chi connectivity index (χ1v) is 11.5. The topological polar surface area (TPSA) is 48.0 Å². The van der Waals surface area contributed by atoms with E-state index in [0.29, 0.717) is 23.7 Å². The van der Waals surface area contributed by atoms with Crippen molar-refractivity contribution in [1.29, 1.82) is 0 Å². The maximum atomic E-state index is 13.1. The summed E-state index contributed by atoms with van der Waals surface area (Å²) in [6.45, 7) is 3.89. The van der Waals surface area contributed by atoms with Crippen molar-refractivity contribution in [3.8, 4) is 17.2 Å². The third-order valence-electron chi connectivity index (χ3n) is 6.11. The molecule has 0 N–H and O–H groups in total. The van der Waals surface area contributed by atoms with Crippen LogP contribution in [-0.2, 0) is 0 Å². The molecule has 1 fully saturated rings. The molecule has 0 radical (unpaired) electrons. The molecule has 33 heavy (non-hydrogen) atoms. The molecule has 1 aliphatic heterocycles. The van der Waals surface area contributed by atoms with Crippen molar-refractivity contribution in [2.75, 3.05) is 40.5 Å². The van der Waals surface area contributed by atoms with Gasteiger partial charge in [0.25, 0.3) is 0 Å². The van der Waals surface area contributed by atoms with E-state index < -0.39 is 0 Å². The lowest BCUT2D eigenvalue weighted by Gasteiger charge is -2.26. The number of carbonyl (C=O) groups is 1. The monoisotopic (exact) mass is 445 g/mol. The van der Waals surface area contributed by atoms with Crippen LogP contribution in [-0.4, -0.2) is 51.1 Å². The van der Waals surface area contributed by atoms with Crippen LogP contribution in [0.2, 0.25) is 0 Å². The van der Waals surface area contributed by atoms with E-state index in [4.69, 9.17) is 14.2 Å².